The van der Waals surface area contributed by atoms with Crippen molar-refractivity contribution in [3.63, 3.8) is 0 Å². The van der Waals surface area contributed by atoms with Crippen molar-refractivity contribution in [1.82, 2.24) is 0 Å². The average Bonchev–Trinajstić information content (AvgIpc) is 3.41. The van der Waals surface area contributed by atoms with E-state index in [4.69, 9.17) is 18.9 Å². The van der Waals surface area contributed by atoms with E-state index in [1.807, 2.05) is 21.1 Å². The van der Waals surface area contributed by atoms with Gasteiger partial charge in [0.05, 0.1) is 34.4 Å². The zero-order valence-corrected chi connectivity index (χ0v) is 51.8. The minimum atomic E-state index is -1.51. The molecule has 0 saturated heterocycles. The maximum Gasteiger partial charge on any atom is 0.361 e. The average molecular weight is 1100 g/mol. The molecule has 0 radical (unpaired) electrons. The molecule has 2 unspecified atom stereocenters. The first kappa shape index (κ1) is 75.0. The fraction of sp³-hybridized carbons (Fsp3) is 0.812. The lowest BCUT2D eigenvalue weighted by Crippen LogP contribution is -2.40. The zero-order valence-electron chi connectivity index (χ0n) is 51.8. The second kappa shape index (κ2) is 60.1. The van der Waals surface area contributed by atoms with Crippen molar-refractivity contribution in [3.05, 3.63) is 60.8 Å². The highest BCUT2D eigenvalue weighted by atomic mass is 16.7. The van der Waals surface area contributed by atoms with Gasteiger partial charge in [0.2, 0.25) is 0 Å². The van der Waals surface area contributed by atoms with E-state index in [2.05, 4.69) is 74.6 Å². The van der Waals surface area contributed by atoms with Gasteiger partial charge in [-0.25, -0.2) is 4.79 Å². The van der Waals surface area contributed by atoms with Crippen LogP contribution in [0.15, 0.2) is 60.8 Å². The third-order valence-corrected chi connectivity index (χ3v) is 14.5. The molecule has 1 N–H and O–H groups in total. The highest BCUT2D eigenvalue weighted by Crippen LogP contribution is 2.18. The first-order valence-corrected chi connectivity index (χ1v) is 33.0. The number of likely N-dealkylation sites (N-methyl/N-ethyl adjacent to an activating group) is 1. The van der Waals surface area contributed by atoms with Gasteiger partial charge in [-0.1, -0.05) is 274 Å². The monoisotopic (exact) mass is 1100 g/mol. The van der Waals surface area contributed by atoms with E-state index in [1.54, 1.807) is 0 Å². The summed E-state index contributed by atoms with van der Waals surface area (Å²) in [5, 5.41) is 9.70. The van der Waals surface area contributed by atoms with Crippen molar-refractivity contribution in [3.8, 4) is 0 Å². The lowest BCUT2D eigenvalue weighted by Gasteiger charge is -2.25. The summed E-state index contributed by atoms with van der Waals surface area (Å²) in [7, 11) is 5.97. The molecule has 0 aliphatic heterocycles. The van der Waals surface area contributed by atoms with Crippen LogP contribution in [0.3, 0.4) is 0 Å². The van der Waals surface area contributed by atoms with Gasteiger partial charge in [0, 0.05) is 12.8 Å². The van der Waals surface area contributed by atoms with Gasteiger partial charge in [0.15, 0.2) is 6.10 Å². The Hall–Kier alpha value is -3.01. The number of unbranched alkanes of at least 4 members (excludes halogenated alkanes) is 36. The third kappa shape index (κ3) is 60.6. The van der Waals surface area contributed by atoms with Gasteiger partial charge in [-0.2, -0.15) is 0 Å². The second-order valence-corrected chi connectivity index (χ2v) is 23.4. The van der Waals surface area contributed by atoms with Crippen LogP contribution in [0.5, 0.6) is 0 Å². The summed E-state index contributed by atoms with van der Waals surface area (Å²) in [6.45, 7) is 4.83. The number of carbonyl (C=O) groups excluding carboxylic acids is 2. The van der Waals surface area contributed by atoms with Crippen LogP contribution in [-0.4, -0.2) is 87.4 Å². The number of aliphatic carboxylic acids is 1. The highest BCUT2D eigenvalue weighted by Gasteiger charge is 2.25. The number of hydrogen-bond acceptors (Lipinski definition) is 7. The Bertz CT molecular complexity index is 1460. The molecule has 0 aromatic rings. The summed E-state index contributed by atoms with van der Waals surface area (Å²) < 4.78 is 22.9. The van der Waals surface area contributed by atoms with Crippen LogP contribution in [0.2, 0.25) is 0 Å². The molecule has 0 amide bonds. The molecule has 0 heterocycles. The van der Waals surface area contributed by atoms with Crippen molar-refractivity contribution < 1.29 is 42.9 Å². The molecule has 2 atom stereocenters. The third-order valence-electron chi connectivity index (χ3n) is 14.5. The summed E-state index contributed by atoms with van der Waals surface area (Å²) in [5.41, 5.74) is 0. The van der Waals surface area contributed by atoms with Crippen LogP contribution in [0.4, 0.5) is 0 Å². The minimum absolute atomic E-state index is 0.186. The molecule has 0 spiro atoms. The van der Waals surface area contributed by atoms with Crippen LogP contribution in [-0.2, 0) is 33.3 Å². The Kier molecular flexibility index (Phi) is 57.8. The number of carbonyl (C=O) groups is 3. The first-order valence-electron chi connectivity index (χ1n) is 33.0. The van der Waals surface area contributed by atoms with Gasteiger partial charge in [0.25, 0.3) is 6.29 Å². The van der Waals surface area contributed by atoms with E-state index in [9.17, 15) is 19.5 Å². The molecular weight excluding hydrogens is 971 g/mol. The van der Waals surface area contributed by atoms with E-state index >= 15 is 0 Å². The fourth-order valence-corrected chi connectivity index (χ4v) is 9.39. The summed E-state index contributed by atoms with van der Waals surface area (Å²) in [6, 6.07) is 0. The van der Waals surface area contributed by atoms with Crippen LogP contribution < -0.4 is 0 Å². The van der Waals surface area contributed by atoms with E-state index in [0.29, 0.717) is 11.0 Å². The second-order valence-electron chi connectivity index (χ2n) is 23.4. The van der Waals surface area contributed by atoms with Crippen molar-refractivity contribution in [2.75, 3.05) is 47.5 Å². The van der Waals surface area contributed by atoms with Gasteiger partial charge in [-0.15, -0.1) is 0 Å². The number of hydrogen-bond donors (Lipinski definition) is 1. The predicted molar refractivity (Wildman–Crippen MR) is 332 cm³/mol. The number of carboxylic acids is 1. The Morgan fingerprint density at radius 3 is 1.06 bits per heavy atom. The Labute approximate surface area is 482 Å². The number of esters is 2. The standard InChI is InChI=1S/C69H125NO8/c1-6-8-10-12-14-16-18-20-22-23-24-25-26-27-28-29-30-31-32-33-34-35-36-37-38-39-40-41-42-43-44-45-46-48-50-52-54-56-58-60-67(72)78-65(64-77-69(68(73)74)75-62-61-70(3,4)5)63-76-66(71)59-57-55-53-51-49-47-21-19-17-15-13-11-9-7-2/h13,15,18-21,23-24,26-27,65,69H,6-12,14,16-17,22,25,28-64H2,1-5H3/p+1/b15-13-,20-18-,21-19-,24-23-,27-26-. The molecule has 0 fully saturated rings. The molecule has 0 aliphatic rings. The van der Waals surface area contributed by atoms with Gasteiger partial charge < -0.3 is 28.5 Å². The van der Waals surface area contributed by atoms with Crippen molar-refractivity contribution in [2.45, 2.75) is 315 Å². The maximum atomic E-state index is 12.9. The molecule has 9 heteroatoms. The van der Waals surface area contributed by atoms with Gasteiger partial charge in [0.1, 0.15) is 13.2 Å². The van der Waals surface area contributed by atoms with E-state index in [0.717, 1.165) is 77.0 Å². The van der Waals surface area contributed by atoms with E-state index in [-0.39, 0.29) is 38.6 Å². The van der Waals surface area contributed by atoms with E-state index < -0.39 is 24.3 Å². The lowest BCUT2D eigenvalue weighted by molar-refractivity contribution is -0.870. The molecule has 0 aromatic heterocycles. The van der Waals surface area contributed by atoms with Crippen molar-refractivity contribution in [1.29, 1.82) is 0 Å². The number of ether oxygens (including phenoxy) is 4. The van der Waals surface area contributed by atoms with Crippen LogP contribution in [0.1, 0.15) is 303 Å². The normalized spacial score (nSPS) is 13.1. The van der Waals surface area contributed by atoms with Crippen LogP contribution in [0, 0.1) is 0 Å². The molecule has 454 valence electrons. The van der Waals surface area contributed by atoms with Gasteiger partial charge in [-0.3, -0.25) is 9.59 Å². The van der Waals surface area contributed by atoms with Gasteiger partial charge >= 0.3 is 17.9 Å². The Morgan fingerprint density at radius 1 is 0.385 bits per heavy atom. The van der Waals surface area contributed by atoms with Crippen LogP contribution in [0.25, 0.3) is 0 Å². The van der Waals surface area contributed by atoms with E-state index in [1.165, 1.54) is 199 Å². The molecular formula is C69H126NO8+. The molecule has 9 nitrogen and oxygen atoms in total. The molecule has 0 bridgehead atoms. The summed E-state index contributed by atoms with van der Waals surface area (Å²) in [4.78, 5) is 37.4. The zero-order chi connectivity index (χ0) is 56.9. The molecule has 0 saturated carbocycles. The molecule has 0 aliphatic carbocycles. The highest BCUT2D eigenvalue weighted by molar-refractivity contribution is 5.71. The smallest absolute Gasteiger partial charge is 0.361 e. The number of nitrogens with zero attached hydrogens (tertiary/aromatic N) is 1. The molecule has 0 aromatic carbocycles. The summed E-state index contributed by atoms with van der Waals surface area (Å²) >= 11 is 0. The lowest BCUT2D eigenvalue weighted by atomic mass is 10.0. The molecule has 78 heavy (non-hydrogen) atoms. The summed E-state index contributed by atoms with van der Waals surface area (Å²) in [5.74, 6) is -2.01. The fourth-order valence-electron chi connectivity index (χ4n) is 9.39. The minimum Gasteiger partial charge on any atom is -0.477 e. The van der Waals surface area contributed by atoms with Crippen LogP contribution >= 0.6 is 0 Å². The Balaban J connectivity index is 3.96. The number of quaternary nitrogens is 1. The summed E-state index contributed by atoms with van der Waals surface area (Å²) in [6.07, 6.45) is 74.9. The number of carboxylic acid groups (broad SMARTS) is 1. The molecule has 0 rings (SSSR count). The number of rotatable bonds is 61. The number of allylic oxidation sites excluding steroid dienone is 10. The maximum absolute atomic E-state index is 12.9. The topological polar surface area (TPSA) is 108 Å². The first-order chi connectivity index (χ1) is 38.1. The Morgan fingerprint density at radius 2 is 0.705 bits per heavy atom. The predicted octanol–water partition coefficient (Wildman–Crippen LogP) is 20.0. The van der Waals surface area contributed by atoms with Crippen molar-refractivity contribution in [2.24, 2.45) is 0 Å². The SMILES string of the molecule is CCCC/C=C\C/C=C\CCCCCCCC(=O)OCC(COC(OCC[N+](C)(C)C)C(=O)O)OC(=O)CCCCCCCCCCCCCCCCCCCCCCCCCC/C=C\C/C=C\C/C=C\CCCCCCC. The van der Waals surface area contributed by atoms with Crippen molar-refractivity contribution >= 4 is 17.9 Å². The quantitative estimate of drug-likeness (QED) is 0.0211. The van der Waals surface area contributed by atoms with Gasteiger partial charge in [-0.05, 0) is 77.0 Å². The largest absolute Gasteiger partial charge is 0.477 e.